The smallest absolute Gasteiger partial charge is 0.262 e. The van der Waals surface area contributed by atoms with Crippen LogP contribution < -0.4 is 5.56 Å². The summed E-state index contributed by atoms with van der Waals surface area (Å²) in [6.45, 7) is 8.20. The Morgan fingerprint density at radius 1 is 1.16 bits per heavy atom. The van der Waals surface area contributed by atoms with Gasteiger partial charge >= 0.3 is 0 Å². The standard InChI is InChI=1S/C18H22N4O2S/c1-11(2)9-15-20-16(24-21-15)10-25-18-19-14-8-6-5-7-13(14)17(23)22(18)12(3)4/h5-8,11-12H,9-10H2,1-4H3. The van der Waals surface area contributed by atoms with Crippen molar-refractivity contribution >= 4 is 22.7 Å². The molecule has 0 aliphatic rings. The molecule has 0 aliphatic carbocycles. The summed E-state index contributed by atoms with van der Waals surface area (Å²) >= 11 is 1.45. The molecule has 2 heterocycles. The summed E-state index contributed by atoms with van der Waals surface area (Å²) in [6, 6.07) is 7.44. The van der Waals surface area contributed by atoms with E-state index in [0.29, 0.717) is 33.6 Å². The second-order valence-corrected chi connectivity index (χ2v) is 7.61. The van der Waals surface area contributed by atoms with Gasteiger partial charge in [0.15, 0.2) is 11.0 Å². The average Bonchev–Trinajstić information content (AvgIpc) is 2.99. The molecule has 25 heavy (non-hydrogen) atoms. The lowest BCUT2D eigenvalue weighted by Gasteiger charge is -2.15. The van der Waals surface area contributed by atoms with Crippen LogP contribution in [0.3, 0.4) is 0 Å². The van der Waals surface area contributed by atoms with E-state index in [9.17, 15) is 4.79 Å². The van der Waals surface area contributed by atoms with Crippen LogP contribution in [-0.2, 0) is 12.2 Å². The first kappa shape index (κ1) is 17.7. The largest absolute Gasteiger partial charge is 0.338 e. The van der Waals surface area contributed by atoms with E-state index in [1.165, 1.54) is 11.8 Å². The number of aromatic nitrogens is 4. The molecule has 0 saturated heterocycles. The van der Waals surface area contributed by atoms with Gasteiger partial charge in [-0.2, -0.15) is 4.98 Å². The lowest BCUT2D eigenvalue weighted by molar-refractivity contribution is 0.382. The molecule has 6 nitrogen and oxygen atoms in total. The summed E-state index contributed by atoms with van der Waals surface area (Å²) in [4.78, 5) is 21.9. The number of hydrogen-bond acceptors (Lipinski definition) is 6. The lowest BCUT2D eigenvalue weighted by atomic mass is 10.1. The minimum absolute atomic E-state index is 0.0193. The first-order chi connectivity index (χ1) is 12.0. The number of hydrogen-bond donors (Lipinski definition) is 0. The van der Waals surface area contributed by atoms with Crippen molar-refractivity contribution in [2.24, 2.45) is 5.92 Å². The Hall–Kier alpha value is -2.15. The van der Waals surface area contributed by atoms with Crippen LogP contribution in [0.5, 0.6) is 0 Å². The molecule has 2 aromatic heterocycles. The predicted octanol–water partition coefficient (Wildman–Crippen LogP) is 3.85. The fourth-order valence-corrected chi connectivity index (χ4v) is 3.57. The molecule has 132 valence electrons. The summed E-state index contributed by atoms with van der Waals surface area (Å²) in [7, 11) is 0. The number of benzene rings is 1. The zero-order valence-electron chi connectivity index (χ0n) is 14.9. The van der Waals surface area contributed by atoms with Gasteiger partial charge in [0.2, 0.25) is 5.89 Å². The zero-order valence-corrected chi connectivity index (χ0v) is 15.7. The van der Waals surface area contributed by atoms with E-state index >= 15 is 0 Å². The van der Waals surface area contributed by atoms with E-state index in [-0.39, 0.29) is 11.6 Å². The van der Waals surface area contributed by atoms with Gasteiger partial charge in [-0.05, 0) is 31.9 Å². The Morgan fingerprint density at radius 3 is 2.64 bits per heavy atom. The maximum Gasteiger partial charge on any atom is 0.262 e. The normalized spacial score (nSPS) is 11.8. The van der Waals surface area contributed by atoms with Gasteiger partial charge in [0.25, 0.3) is 5.56 Å². The fraction of sp³-hybridized carbons (Fsp3) is 0.444. The number of nitrogens with zero attached hydrogens (tertiary/aromatic N) is 4. The molecule has 3 rings (SSSR count). The zero-order chi connectivity index (χ0) is 18.0. The van der Waals surface area contributed by atoms with Crippen LogP contribution in [0.4, 0.5) is 0 Å². The third-order valence-electron chi connectivity index (χ3n) is 3.72. The van der Waals surface area contributed by atoms with Crippen molar-refractivity contribution in [1.82, 2.24) is 19.7 Å². The van der Waals surface area contributed by atoms with Gasteiger partial charge in [-0.3, -0.25) is 9.36 Å². The van der Waals surface area contributed by atoms with Crippen LogP contribution in [0.2, 0.25) is 0 Å². The Bertz CT molecular complexity index is 930. The van der Waals surface area contributed by atoms with Crippen molar-refractivity contribution in [1.29, 1.82) is 0 Å². The molecule has 1 aromatic carbocycles. The summed E-state index contributed by atoms with van der Waals surface area (Å²) in [5.41, 5.74) is 0.687. The highest BCUT2D eigenvalue weighted by atomic mass is 32.2. The van der Waals surface area contributed by atoms with Crippen molar-refractivity contribution in [2.75, 3.05) is 0 Å². The van der Waals surface area contributed by atoms with E-state index in [4.69, 9.17) is 4.52 Å². The average molecular weight is 358 g/mol. The Labute approximate surface area is 150 Å². The third kappa shape index (κ3) is 3.92. The molecule has 0 unspecified atom stereocenters. The molecule has 7 heteroatoms. The molecule has 0 aliphatic heterocycles. The first-order valence-electron chi connectivity index (χ1n) is 8.41. The maximum atomic E-state index is 12.8. The Morgan fingerprint density at radius 2 is 1.92 bits per heavy atom. The number of thioether (sulfide) groups is 1. The minimum Gasteiger partial charge on any atom is -0.338 e. The van der Waals surface area contributed by atoms with Gasteiger partial charge in [0.1, 0.15) is 0 Å². The van der Waals surface area contributed by atoms with E-state index < -0.39 is 0 Å². The molecule has 0 saturated carbocycles. The van der Waals surface area contributed by atoms with Crippen LogP contribution in [-0.4, -0.2) is 19.7 Å². The van der Waals surface area contributed by atoms with Gasteiger partial charge in [-0.25, -0.2) is 4.98 Å². The van der Waals surface area contributed by atoms with Crippen molar-refractivity contribution in [3.05, 3.63) is 46.3 Å². The van der Waals surface area contributed by atoms with Crippen LogP contribution in [0.25, 0.3) is 10.9 Å². The summed E-state index contributed by atoms with van der Waals surface area (Å²) in [5, 5.41) is 5.31. The van der Waals surface area contributed by atoms with Crippen molar-refractivity contribution in [2.45, 2.75) is 51.1 Å². The molecule has 0 N–H and O–H groups in total. The second kappa shape index (κ2) is 7.39. The van der Waals surface area contributed by atoms with E-state index in [1.54, 1.807) is 4.57 Å². The molecule has 0 radical (unpaired) electrons. The summed E-state index contributed by atoms with van der Waals surface area (Å²) < 4.78 is 7.03. The van der Waals surface area contributed by atoms with Gasteiger partial charge in [0.05, 0.1) is 16.7 Å². The van der Waals surface area contributed by atoms with Gasteiger partial charge in [-0.15, -0.1) is 0 Å². The van der Waals surface area contributed by atoms with Crippen LogP contribution in [0.1, 0.15) is 45.5 Å². The van der Waals surface area contributed by atoms with Crippen molar-refractivity contribution in [3.63, 3.8) is 0 Å². The van der Waals surface area contributed by atoms with Crippen LogP contribution >= 0.6 is 11.8 Å². The monoisotopic (exact) mass is 358 g/mol. The maximum absolute atomic E-state index is 12.8. The Balaban J connectivity index is 1.89. The lowest BCUT2D eigenvalue weighted by Crippen LogP contribution is -2.25. The third-order valence-corrected chi connectivity index (χ3v) is 4.66. The highest BCUT2D eigenvalue weighted by Gasteiger charge is 2.15. The highest BCUT2D eigenvalue weighted by molar-refractivity contribution is 7.98. The Kier molecular flexibility index (Phi) is 5.22. The van der Waals surface area contributed by atoms with E-state index in [1.807, 2.05) is 38.1 Å². The SMILES string of the molecule is CC(C)Cc1noc(CSc2nc3ccccc3c(=O)n2C(C)C)n1. The van der Waals surface area contributed by atoms with Crippen molar-refractivity contribution < 1.29 is 4.52 Å². The quantitative estimate of drug-likeness (QED) is 0.492. The molecule has 0 bridgehead atoms. The molecule has 0 spiro atoms. The van der Waals surface area contributed by atoms with Crippen molar-refractivity contribution in [3.8, 4) is 0 Å². The number of fused-ring (bicyclic) bond motifs is 1. The molecular formula is C18H22N4O2S. The molecule has 3 aromatic rings. The summed E-state index contributed by atoms with van der Waals surface area (Å²) in [5.74, 6) is 2.24. The summed E-state index contributed by atoms with van der Waals surface area (Å²) in [6.07, 6.45) is 0.791. The van der Waals surface area contributed by atoms with Gasteiger partial charge in [0, 0.05) is 12.5 Å². The number of para-hydroxylation sites is 1. The highest BCUT2D eigenvalue weighted by Crippen LogP contribution is 2.24. The number of rotatable bonds is 6. The molecular weight excluding hydrogens is 336 g/mol. The molecule has 0 amide bonds. The van der Waals surface area contributed by atoms with Crippen LogP contribution in [0, 0.1) is 5.92 Å². The minimum atomic E-state index is -0.0193. The van der Waals surface area contributed by atoms with Crippen LogP contribution in [0.15, 0.2) is 38.7 Å². The second-order valence-electron chi connectivity index (χ2n) is 6.67. The fourth-order valence-electron chi connectivity index (χ4n) is 2.61. The van der Waals surface area contributed by atoms with Gasteiger partial charge in [-0.1, -0.05) is 42.9 Å². The van der Waals surface area contributed by atoms with E-state index in [0.717, 1.165) is 12.2 Å². The predicted molar refractivity (Wildman–Crippen MR) is 98.8 cm³/mol. The van der Waals surface area contributed by atoms with Gasteiger partial charge < -0.3 is 4.52 Å². The first-order valence-corrected chi connectivity index (χ1v) is 9.39. The molecule has 0 fully saturated rings. The topological polar surface area (TPSA) is 73.8 Å². The molecule has 0 atom stereocenters. The van der Waals surface area contributed by atoms with E-state index in [2.05, 4.69) is 29.0 Å².